The van der Waals surface area contributed by atoms with Crippen LogP contribution >= 0.6 is 27.3 Å². The number of hydrazine groups is 1. The zero-order chi connectivity index (χ0) is 12.4. The number of benzene rings is 1. The summed E-state index contributed by atoms with van der Waals surface area (Å²) in [6.07, 6.45) is 0. The highest BCUT2D eigenvalue weighted by Gasteiger charge is 2.20. The molecule has 2 nitrogen and oxygen atoms in total. The summed E-state index contributed by atoms with van der Waals surface area (Å²) in [4.78, 5) is 2.17. The molecule has 1 aromatic carbocycles. The molecule has 0 fully saturated rings. The van der Waals surface area contributed by atoms with Gasteiger partial charge in [0, 0.05) is 19.8 Å². The van der Waals surface area contributed by atoms with E-state index in [4.69, 9.17) is 5.84 Å². The maximum atomic E-state index is 13.9. The Labute approximate surface area is 112 Å². The zero-order valence-electron chi connectivity index (χ0n) is 9.21. The molecule has 1 unspecified atom stereocenters. The van der Waals surface area contributed by atoms with Gasteiger partial charge in [0.25, 0.3) is 0 Å². The second-order valence-corrected chi connectivity index (χ2v) is 5.86. The quantitative estimate of drug-likeness (QED) is 0.672. The van der Waals surface area contributed by atoms with E-state index >= 15 is 0 Å². The highest BCUT2D eigenvalue weighted by Crippen LogP contribution is 2.33. The lowest BCUT2D eigenvalue weighted by molar-refractivity contribution is 0.562. The summed E-state index contributed by atoms with van der Waals surface area (Å²) in [5.74, 6) is 5.28. The van der Waals surface area contributed by atoms with Gasteiger partial charge < -0.3 is 0 Å². The molecule has 0 aliphatic carbocycles. The molecule has 3 N–H and O–H groups in total. The van der Waals surface area contributed by atoms with Crippen LogP contribution in [0.5, 0.6) is 0 Å². The van der Waals surface area contributed by atoms with Crippen molar-refractivity contribution in [1.82, 2.24) is 5.43 Å². The first-order valence-corrected chi connectivity index (χ1v) is 6.71. The highest BCUT2D eigenvalue weighted by molar-refractivity contribution is 9.10. The van der Waals surface area contributed by atoms with Crippen molar-refractivity contribution in [2.75, 3.05) is 0 Å². The number of nitrogens with two attached hydrogens (primary N) is 1. The molecule has 5 heteroatoms. The van der Waals surface area contributed by atoms with Crippen LogP contribution in [-0.4, -0.2) is 0 Å². The van der Waals surface area contributed by atoms with Crippen LogP contribution in [0.4, 0.5) is 4.39 Å². The topological polar surface area (TPSA) is 38.0 Å². The van der Waals surface area contributed by atoms with Crippen molar-refractivity contribution in [3.05, 3.63) is 55.9 Å². The summed E-state index contributed by atoms with van der Waals surface area (Å²) < 4.78 is 14.6. The van der Waals surface area contributed by atoms with E-state index in [2.05, 4.69) is 21.4 Å². The number of aryl methyl sites for hydroxylation is 1. The van der Waals surface area contributed by atoms with Crippen molar-refractivity contribution in [1.29, 1.82) is 0 Å². The number of rotatable bonds is 3. The molecule has 0 saturated heterocycles. The molecule has 0 aliphatic rings. The maximum absolute atomic E-state index is 13.9. The van der Waals surface area contributed by atoms with E-state index in [9.17, 15) is 4.39 Å². The van der Waals surface area contributed by atoms with Gasteiger partial charge in [0.1, 0.15) is 5.82 Å². The van der Waals surface area contributed by atoms with Crippen LogP contribution in [0.2, 0.25) is 0 Å². The van der Waals surface area contributed by atoms with E-state index in [-0.39, 0.29) is 11.9 Å². The normalized spacial score (nSPS) is 12.7. The van der Waals surface area contributed by atoms with Gasteiger partial charge in [-0.05, 0) is 31.2 Å². The molecular formula is C12H12BrFN2S. The Bertz CT molecular complexity index is 507. The van der Waals surface area contributed by atoms with Crippen molar-refractivity contribution in [3.8, 4) is 0 Å². The Kier molecular flexibility index (Phi) is 3.93. The van der Waals surface area contributed by atoms with Gasteiger partial charge in [-0.15, -0.1) is 11.3 Å². The molecule has 1 heterocycles. The van der Waals surface area contributed by atoms with Crippen LogP contribution in [0.15, 0.2) is 34.8 Å². The lowest BCUT2D eigenvalue weighted by Crippen LogP contribution is -2.29. The van der Waals surface area contributed by atoms with Gasteiger partial charge in [0.2, 0.25) is 0 Å². The molecule has 17 heavy (non-hydrogen) atoms. The number of nitrogens with one attached hydrogen (secondary N) is 1. The number of hydrogen-bond acceptors (Lipinski definition) is 3. The average Bonchev–Trinajstić information content (AvgIpc) is 2.70. The Hall–Kier alpha value is -0.750. The molecule has 0 radical (unpaired) electrons. The Morgan fingerprint density at radius 3 is 2.65 bits per heavy atom. The third kappa shape index (κ3) is 2.57. The fourth-order valence-electron chi connectivity index (χ4n) is 1.70. The average molecular weight is 315 g/mol. The third-order valence-electron chi connectivity index (χ3n) is 2.50. The predicted molar refractivity (Wildman–Crippen MR) is 72.3 cm³/mol. The first-order valence-electron chi connectivity index (χ1n) is 5.10. The van der Waals surface area contributed by atoms with E-state index in [0.717, 1.165) is 4.88 Å². The molecule has 90 valence electrons. The van der Waals surface area contributed by atoms with Crippen molar-refractivity contribution < 1.29 is 4.39 Å². The van der Waals surface area contributed by atoms with Gasteiger partial charge in [-0.2, -0.15) is 0 Å². The van der Waals surface area contributed by atoms with Crippen LogP contribution in [0.25, 0.3) is 0 Å². The molecule has 1 aromatic heterocycles. The summed E-state index contributed by atoms with van der Waals surface area (Å²) in [5.41, 5.74) is 3.21. The lowest BCUT2D eigenvalue weighted by Gasteiger charge is -2.17. The summed E-state index contributed by atoms with van der Waals surface area (Å²) in [6, 6.07) is 8.54. The van der Waals surface area contributed by atoms with Crippen LogP contribution in [0.3, 0.4) is 0 Å². The molecule has 1 atom stereocenters. The Morgan fingerprint density at radius 2 is 2.12 bits per heavy atom. The largest absolute Gasteiger partial charge is 0.271 e. The number of thiophene rings is 1. The van der Waals surface area contributed by atoms with Gasteiger partial charge in [-0.25, -0.2) is 9.82 Å². The monoisotopic (exact) mass is 314 g/mol. The Balaban J connectivity index is 2.49. The second-order valence-electron chi connectivity index (χ2n) is 3.68. The number of hydrogen-bond donors (Lipinski definition) is 2. The summed E-state index contributed by atoms with van der Waals surface area (Å²) in [5, 5.41) is 0. The number of halogens is 2. The fraction of sp³-hybridized carbons (Fsp3) is 0.167. The predicted octanol–water partition coefficient (Wildman–Crippen LogP) is 3.51. The van der Waals surface area contributed by atoms with E-state index in [0.29, 0.717) is 10.0 Å². The van der Waals surface area contributed by atoms with Gasteiger partial charge in [0.05, 0.1) is 6.04 Å². The van der Waals surface area contributed by atoms with Crippen molar-refractivity contribution in [2.45, 2.75) is 13.0 Å². The van der Waals surface area contributed by atoms with Crippen LogP contribution in [-0.2, 0) is 0 Å². The smallest absolute Gasteiger partial charge is 0.129 e. The van der Waals surface area contributed by atoms with Crippen molar-refractivity contribution in [3.63, 3.8) is 0 Å². The zero-order valence-corrected chi connectivity index (χ0v) is 11.6. The Morgan fingerprint density at radius 1 is 1.35 bits per heavy atom. The summed E-state index contributed by atoms with van der Waals surface area (Å²) in [7, 11) is 0. The van der Waals surface area contributed by atoms with Gasteiger partial charge >= 0.3 is 0 Å². The van der Waals surface area contributed by atoms with Gasteiger partial charge in [-0.3, -0.25) is 5.84 Å². The van der Waals surface area contributed by atoms with Crippen LogP contribution in [0.1, 0.15) is 21.4 Å². The van der Waals surface area contributed by atoms with Crippen molar-refractivity contribution in [2.24, 2.45) is 5.84 Å². The second kappa shape index (κ2) is 5.27. The standard InChI is InChI=1S/C12H12BrFN2S/c1-7-5-6-10(17-7)12(16-15)11-8(13)3-2-4-9(11)14/h2-6,12,16H,15H2,1H3. The third-order valence-corrected chi connectivity index (χ3v) is 4.26. The molecule has 0 saturated carbocycles. The van der Waals surface area contributed by atoms with E-state index in [1.54, 1.807) is 17.4 Å². The summed E-state index contributed by atoms with van der Waals surface area (Å²) in [6.45, 7) is 2.01. The van der Waals surface area contributed by atoms with Crippen molar-refractivity contribution >= 4 is 27.3 Å². The lowest BCUT2D eigenvalue weighted by atomic mass is 10.1. The van der Waals surface area contributed by atoms with Crippen LogP contribution < -0.4 is 11.3 Å². The molecular weight excluding hydrogens is 303 g/mol. The minimum Gasteiger partial charge on any atom is -0.271 e. The molecule has 0 bridgehead atoms. The maximum Gasteiger partial charge on any atom is 0.129 e. The summed E-state index contributed by atoms with van der Waals surface area (Å²) >= 11 is 4.96. The minimum atomic E-state index is -0.329. The van der Waals surface area contributed by atoms with Gasteiger partial charge in [0.15, 0.2) is 0 Å². The van der Waals surface area contributed by atoms with E-state index < -0.39 is 0 Å². The first kappa shape index (κ1) is 12.7. The molecule has 0 aliphatic heterocycles. The minimum absolute atomic E-state index is 0.270. The van der Waals surface area contributed by atoms with Crippen LogP contribution in [0, 0.1) is 12.7 Å². The van der Waals surface area contributed by atoms with E-state index in [1.807, 2.05) is 25.1 Å². The molecule has 2 aromatic rings. The van der Waals surface area contributed by atoms with E-state index in [1.165, 1.54) is 10.9 Å². The molecule has 0 spiro atoms. The first-order chi connectivity index (χ1) is 8.13. The SMILES string of the molecule is Cc1ccc(C(NN)c2c(F)cccc2Br)s1. The highest BCUT2D eigenvalue weighted by atomic mass is 79.9. The molecule has 0 amide bonds. The fourth-order valence-corrected chi connectivity index (χ4v) is 3.22. The molecule has 2 rings (SSSR count). The van der Waals surface area contributed by atoms with Gasteiger partial charge in [-0.1, -0.05) is 22.0 Å².